The van der Waals surface area contributed by atoms with Gasteiger partial charge in [-0.1, -0.05) is 42.5 Å². The van der Waals surface area contributed by atoms with Crippen molar-refractivity contribution in [3.63, 3.8) is 0 Å². The van der Waals surface area contributed by atoms with Gasteiger partial charge in [0.1, 0.15) is 26.9 Å². The van der Waals surface area contributed by atoms with Crippen molar-refractivity contribution in [2.75, 3.05) is 84.8 Å². The van der Waals surface area contributed by atoms with Gasteiger partial charge in [-0.15, -0.1) is 34.0 Å². The van der Waals surface area contributed by atoms with Gasteiger partial charge in [-0.3, -0.25) is 24.4 Å². The van der Waals surface area contributed by atoms with Crippen molar-refractivity contribution in [1.82, 2.24) is 25.1 Å². The highest BCUT2D eigenvalue weighted by Gasteiger charge is 2.47. The first-order valence-corrected chi connectivity index (χ1v) is 25.1. The van der Waals surface area contributed by atoms with E-state index in [1.807, 2.05) is 53.9 Å². The van der Waals surface area contributed by atoms with Crippen LogP contribution in [0.15, 0.2) is 95.3 Å². The summed E-state index contributed by atoms with van der Waals surface area (Å²) in [6, 6.07) is 22.1. The molecule has 18 heteroatoms. The number of nitrogens with one attached hydrogen (secondary N) is 4. The van der Waals surface area contributed by atoms with Crippen molar-refractivity contribution in [1.29, 1.82) is 0 Å². The fraction of sp³-hybridized carbons (Fsp3) is 0.333. The smallest absolute Gasteiger partial charge is 0.275 e. The Hall–Kier alpha value is -6.02. The molecule has 0 saturated carbocycles. The van der Waals surface area contributed by atoms with Crippen molar-refractivity contribution in [2.24, 2.45) is 11.7 Å². The molecule has 0 radical (unpaired) electrons. The molecular formula is C48H51N11O4S3. The van der Waals surface area contributed by atoms with Gasteiger partial charge in [-0.25, -0.2) is 9.97 Å². The number of fused-ring (bicyclic) bond motifs is 1. The van der Waals surface area contributed by atoms with Crippen molar-refractivity contribution in [3.05, 3.63) is 107 Å². The summed E-state index contributed by atoms with van der Waals surface area (Å²) in [6.45, 7) is 6.12. The summed E-state index contributed by atoms with van der Waals surface area (Å²) >= 11 is 4.28. The second-order valence-corrected chi connectivity index (χ2v) is 19.6. The lowest BCUT2D eigenvalue weighted by Gasteiger charge is -2.49. The molecule has 1 atom stereocenters. The SMILES string of the molecule is NCCC1CCCN(c2c(NC(=O)c3csc(-c4cc(NC(=O)C5(N6CCOCC6)CCN(c6ccccc6NC(=O)c6csc(-c7cn[nH]c7)n6)CC5)cs4)n3)ccc3ccccc23)C1. The number of thiazole rings is 2. The average Bonchev–Trinajstić information content (AvgIpc) is 4.21. The van der Waals surface area contributed by atoms with E-state index in [2.05, 4.69) is 64.0 Å². The van der Waals surface area contributed by atoms with Crippen LogP contribution in [0.4, 0.5) is 28.4 Å². The fourth-order valence-electron chi connectivity index (χ4n) is 9.59. The lowest BCUT2D eigenvalue weighted by atomic mass is 9.83. The summed E-state index contributed by atoms with van der Waals surface area (Å²) in [5.41, 5.74) is 10.8. The van der Waals surface area contributed by atoms with E-state index in [4.69, 9.17) is 15.5 Å². The molecule has 66 heavy (non-hydrogen) atoms. The maximum absolute atomic E-state index is 14.6. The number of hydrogen-bond donors (Lipinski definition) is 5. The van der Waals surface area contributed by atoms with Gasteiger partial charge >= 0.3 is 0 Å². The highest BCUT2D eigenvalue weighted by molar-refractivity contribution is 7.20. The van der Waals surface area contributed by atoms with Gasteiger partial charge in [0.25, 0.3) is 11.8 Å². The largest absolute Gasteiger partial charge is 0.379 e. The molecule has 7 aromatic rings. The van der Waals surface area contributed by atoms with Gasteiger partial charge in [0.2, 0.25) is 5.91 Å². The van der Waals surface area contributed by atoms with Crippen LogP contribution in [0.5, 0.6) is 0 Å². The number of carbonyl (C=O) groups is 3. The minimum Gasteiger partial charge on any atom is -0.379 e. The van der Waals surface area contributed by atoms with Crippen LogP contribution < -0.4 is 31.5 Å². The van der Waals surface area contributed by atoms with Crippen molar-refractivity contribution in [2.45, 2.75) is 37.6 Å². The standard InChI is InChI=1S/C48H51N11O4S3/c49-16-13-31-6-5-17-58(27-31)42-35-8-2-1-7-32(35)11-12-37(42)54-44(61)39-30-66-46(56-39)41-24-34(28-64-41)52-47(62)48(59-20-22-63-23-21-59)14-18-57(19-15-48)40-10-4-3-9-36(40)53-43(60)38-29-65-45(55-38)33-25-50-51-26-33/h1-4,7-12,24-26,28-31H,5-6,13-23,27,49H2,(H,50,51)(H,52,62)(H,53,60)(H,54,61). The first-order chi connectivity index (χ1) is 32.3. The van der Waals surface area contributed by atoms with Crippen LogP contribution >= 0.6 is 34.0 Å². The summed E-state index contributed by atoms with van der Waals surface area (Å²) in [4.78, 5) is 59.1. The van der Waals surface area contributed by atoms with Crippen molar-refractivity contribution >= 4 is 90.9 Å². The molecule has 6 N–H and O–H groups in total. The number of aromatic amines is 1. The molecule has 7 heterocycles. The molecule has 15 nitrogen and oxygen atoms in total. The Balaban J connectivity index is 0.817. The maximum atomic E-state index is 14.6. The zero-order valence-electron chi connectivity index (χ0n) is 36.3. The third-order valence-electron chi connectivity index (χ3n) is 13.0. The minimum atomic E-state index is -0.766. The van der Waals surface area contributed by atoms with E-state index in [9.17, 15) is 14.4 Å². The van der Waals surface area contributed by atoms with Gasteiger partial charge in [0.05, 0.1) is 52.7 Å². The fourth-order valence-corrected chi connectivity index (χ4v) is 12.1. The quantitative estimate of drug-likeness (QED) is 0.0750. The highest BCUT2D eigenvalue weighted by atomic mass is 32.1. The second kappa shape index (κ2) is 19.4. The van der Waals surface area contributed by atoms with Crippen LogP contribution in [0.3, 0.4) is 0 Å². The van der Waals surface area contributed by atoms with Crippen LogP contribution in [0.1, 0.15) is 53.1 Å². The third kappa shape index (κ3) is 9.08. The van der Waals surface area contributed by atoms with Crippen molar-refractivity contribution < 1.29 is 19.1 Å². The van der Waals surface area contributed by atoms with Gasteiger partial charge in [0.15, 0.2) is 0 Å². The summed E-state index contributed by atoms with van der Waals surface area (Å²) in [5.74, 6) is -0.0986. The minimum absolute atomic E-state index is 0.0552. The number of benzene rings is 3. The summed E-state index contributed by atoms with van der Waals surface area (Å²) in [6.07, 6.45) is 7.81. The zero-order valence-corrected chi connectivity index (χ0v) is 38.8. The van der Waals surface area contributed by atoms with E-state index >= 15 is 0 Å². The van der Waals surface area contributed by atoms with Crippen LogP contribution in [0.2, 0.25) is 0 Å². The van der Waals surface area contributed by atoms with E-state index in [0.717, 1.165) is 70.6 Å². The molecule has 3 aromatic carbocycles. The number of para-hydroxylation sites is 2. The normalized spacial score (nSPS) is 17.7. The molecule has 3 aliphatic rings. The van der Waals surface area contributed by atoms with E-state index < -0.39 is 5.54 Å². The van der Waals surface area contributed by atoms with Gasteiger partial charge in [-0.05, 0) is 74.2 Å². The summed E-state index contributed by atoms with van der Waals surface area (Å²) in [7, 11) is 0. The predicted octanol–water partition coefficient (Wildman–Crippen LogP) is 8.25. The van der Waals surface area contributed by atoms with Crippen molar-refractivity contribution in [3.8, 4) is 20.5 Å². The molecule has 10 rings (SSSR count). The van der Waals surface area contributed by atoms with Crippen LogP contribution in [-0.4, -0.2) is 107 Å². The molecule has 1 unspecified atom stereocenters. The van der Waals surface area contributed by atoms with Crippen LogP contribution in [0.25, 0.3) is 31.2 Å². The lowest BCUT2D eigenvalue weighted by Crippen LogP contribution is -2.64. The first kappa shape index (κ1) is 43.9. The Kier molecular flexibility index (Phi) is 12.9. The Morgan fingerprint density at radius 1 is 0.803 bits per heavy atom. The van der Waals surface area contributed by atoms with Gasteiger partial charge < -0.3 is 36.2 Å². The maximum Gasteiger partial charge on any atom is 0.275 e. The number of anilines is 5. The molecule has 340 valence electrons. The Morgan fingerprint density at radius 2 is 1.55 bits per heavy atom. The number of nitrogens with two attached hydrogens (primary N) is 1. The Bertz CT molecular complexity index is 2820. The summed E-state index contributed by atoms with van der Waals surface area (Å²) < 4.78 is 5.73. The van der Waals surface area contributed by atoms with Gasteiger partial charge in [0, 0.05) is 72.6 Å². The average molecular weight is 942 g/mol. The van der Waals surface area contributed by atoms with Gasteiger partial charge in [-0.2, -0.15) is 5.10 Å². The molecule has 4 aromatic heterocycles. The highest BCUT2D eigenvalue weighted by Crippen LogP contribution is 2.40. The van der Waals surface area contributed by atoms with E-state index in [1.54, 1.807) is 23.2 Å². The number of amides is 3. The Labute approximate surface area is 394 Å². The van der Waals surface area contributed by atoms with Crippen LogP contribution in [-0.2, 0) is 9.53 Å². The monoisotopic (exact) mass is 941 g/mol. The number of morpholine rings is 1. The van der Waals surface area contributed by atoms with E-state index in [1.165, 1.54) is 34.0 Å². The van der Waals surface area contributed by atoms with E-state index in [-0.39, 0.29) is 17.7 Å². The Morgan fingerprint density at radius 3 is 2.33 bits per heavy atom. The number of piperidine rings is 2. The topological polar surface area (TPSA) is 187 Å². The molecule has 3 fully saturated rings. The first-order valence-electron chi connectivity index (χ1n) is 22.4. The lowest BCUT2D eigenvalue weighted by molar-refractivity contribution is -0.133. The zero-order chi connectivity index (χ0) is 45.0. The number of rotatable bonds is 13. The molecule has 0 aliphatic carbocycles. The number of thiophene rings is 1. The number of hydrogen-bond acceptors (Lipinski definition) is 14. The number of H-pyrrole nitrogens is 1. The van der Waals surface area contributed by atoms with Crippen LogP contribution in [0, 0.1) is 5.92 Å². The molecule has 0 spiro atoms. The molecular weight excluding hydrogens is 891 g/mol. The number of aromatic nitrogens is 4. The predicted molar refractivity (Wildman–Crippen MR) is 265 cm³/mol. The second-order valence-electron chi connectivity index (χ2n) is 17.0. The molecule has 0 bridgehead atoms. The number of carbonyl (C=O) groups excluding carboxylic acids is 3. The molecule has 3 amide bonds. The third-order valence-corrected chi connectivity index (χ3v) is 15.8. The number of ether oxygens (including phenoxy) is 1. The molecule has 3 aliphatic heterocycles. The summed E-state index contributed by atoms with van der Waals surface area (Å²) in [5, 5.41) is 25.5. The van der Waals surface area contributed by atoms with E-state index in [0.29, 0.717) is 97.5 Å². The molecule has 3 saturated heterocycles. The number of nitrogens with zero attached hydrogens (tertiary/aromatic N) is 6.